The number of hydrogen-bond acceptors (Lipinski definition) is 29. The van der Waals surface area contributed by atoms with Crippen LogP contribution in [0.5, 0.6) is 0 Å². The van der Waals surface area contributed by atoms with E-state index >= 15 is 0 Å². The molecule has 4 saturated heterocycles. The van der Waals surface area contributed by atoms with Gasteiger partial charge in [-0.1, -0.05) is 20.8 Å². The third-order valence-electron chi connectivity index (χ3n) is 14.4. The molecule has 89 heavy (non-hydrogen) atoms. The van der Waals surface area contributed by atoms with Gasteiger partial charge in [-0.15, -0.1) is 0 Å². The summed E-state index contributed by atoms with van der Waals surface area (Å²) in [5.41, 5.74) is 0. The maximum atomic E-state index is 13.5. The molecule has 4 rings (SSSR count). The van der Waals surface area contributed by atoms with Gasteiger partial charge in [-0.05, 0) is 18.1 Å². The van der Waals surface area contributed by atoms with Crippen molar-refractivity contribution >= 4 is 79.7 Å². The molecular weight excluding hydrogens is 1210 g/mol. The standard InChI is InChI=1S/C55H86N4O29Si/c1-23(60)56-39-47(77-31(9)68)43(35(19-73-27(5)64)81-51(39)72-16)85-52-40(57-24(2)61)48(78-32(10)69)44(36(82-52)20-74-28(6)65)86-53-41(58-25(3)62)49(79-33(11)70)45(37(83-53)21-75-29(7)66)87-54-42(59-26(4)63)50(80-34(12)71)46(38(84-54)22-76-30(8)67)88-89(17,18)55(13,14)15/h35-54H,19-22H2,1-18H3,(H,56,60)(H,57,61)(H,58,62)(H,59,63)/t35?,36?,37?,38?,39-,40+,41-,42+,43+,44?,45+,46?,47?,48-,49?,50-,51+,52?,53-,54?/m1/s1. The van der Waals surface area contributed by atoms with Crippen LogP contribution in [0.15, 0.2) is 0 Å². The Bertz CT molecular complexity index is 2550. The van der Waals surface area contributed by atoms with Crippen molar-refractivity contribution in [1.29, 1.82) is 0 Å². The van der Waals surface area contributed by atoms with Crippen LogP contribution in [0.25, 0.3) is 0 Å². The Morgan fingerprint density at radius 3 is 0.787 bits per heavy atom. The maximum Gasteiger partial charge on any atom is 0.303 e. The minimum absolute atomic E-state index is 0.483. The molecule has 10 unspecified atom stereocenters. The predicted octanol–water partition coefficient (Wildman–Crippen LogP) is -0.924. The quantitative estimate of drug-likeness (QED) is 0.0488. The molecule has 0 aromatic rings. The topological polar surface area (TPSA) is 410 Å². The minimum atomic E-state index is -2.90. The highest BCUT2D eigenvalue weighted by Crippen LogP contribution is 2.42. The Kier molecular flexibility index (Phi) is 27.8. The van der Waals surface area contributed by atoms with Gasteiger partial charge in [0.05, 0.1) is 0 Å². The molecule has 0 aliphatic carbocycles. The molecule has 4 fully saturated rings. The summed E-state index contributed by atoms with van der Waals surface area (Å²) in [6, 6.07) is -6.40. The van der Waals surface area contributed by atoms with Crippen molar-refractivity contribution in [2.75, 3.05) is 33.5 Å². The van der Waals surface area contributed by atoms with E-state index in [1.54, 1.807) is 0 Å². The van der Waals surface area contributed by atoms with E-state index in [1.165, 1.54) is 7.11 Å². The summed E-state index contributed by atoms with van der Waals surface area (Å²) < 4.78 is 104. The average molecular weight is 1300 g/mol. The van der Waals surface area contributed by atoms with Gasteiger partial charge in [0.1, 0.15) is 99.4 Å². The first-order valence-corrected chi connectivity index (χ1v) is 31.3. The molecule has 4 aliphatic rings. The normalized spacial score (nSPS) is 32.0. The predicted molar refractivity (Wildman–Crippen MR) is 298 cm³/mol. The van der Waals surface area contributed by atoms with Crippen molar-refractivity contribution in [3.8, 4) is 0 Å². The third-order valence-corrected chi connectivity index (χ3v) is 18.9. The van der Waals surface area contributed by atoms with Crippen LogP contribution in [-0.4, -0.2) is 236 Å². The fourth-order valence-electron chi connectivity index (χ4n) is 9.99. The molecule has 20 atom stereocenters. The molecule has 0 spiro atoms. The first kappa shape index (κ1) is 75.0. The summed E-state index contributed by atoms with van der Waals surface area (Å²) in [6.07, 6.45) is -26.7. The number of hydrogen-bond donors (Lipinski definition) is 4. The Labute approximate surface area is 515 Å². The Morgan fingerprint density at radius 2 is 0.573 bits per heavy atom. The number of ether oxygens (including phenoxy) is 16. The van der Waals surface area contributed by atoms with Crippen molar-refractivity contribution in [2.45, 2.75) is 245 Å². The average Bonchev–Trinajstić information content (AvgIpc) is 1.40. The summed E-state index contributed by atoms with van der Waals surface area (Å²) in [4.78, 5) is 156. The monoisotopic (exact) mass is 1290 g/mol. The maximum absolute atomic E-state index is 13.5. The van der Waals surface area contributed by atoms with Crippen LogP contribution < -0.4 is 21.3 Å². The summed E-state index contributed by atoms with van der Waals surface area (Å²) in [5.74, 6) is -10.2. The number of amides is 4. The highest BCUT2D eigenvalue weighted by atomic mass is 28.4. The van der Waals surface area contributed by atoms with Crippen LogP contribution in [0, 0.1) is 0 Å². The van der Waals surface area contributed by atoms with Gasteiger partial charge in [-0.25, -0.2) is 0 Å². The van der Waals surface area contributed by atoms with Crippen LogP contribution in [0.3, 0.4) is 0 Å². The number of nitrogens with one attached hydrogen (secondary N) is 4. The van der Waals surface area contributed by atoms with Crippen LogP contribution in [0.1, 0.15) is 104 Å². The van der Waals surface area contributed by atoms with E-state index in [0.717, 1.165) is 83.1 Å². The Balaban J connectivity index is 2.00. The Morgan fingerprint density at radius 1 is 0.348 bits per heavy atom. The van der Waals surface area contributed by atoms with E-state index in [-0.39, 0.29) is 0 Å². The molecule has 4 amide bonds. The van der Waals surface area contributed by atoms with Crippen LogP contribution >= 0.6 is 0 Å². The van der Waals surface area contributed by atoms with Gasteiger partial charge in [-0.3, -0.25) is 57.5 Å². The molecule has 0 aromatic heterocycles. The fourth-order valence-corrected chi connectivity index (χ4v) is 11.3. The van der Waals surface area contributed by atoms with Gasteiger partial charge in [0, 0.05) is 90.2 Å². The van der Waals surface area contributed by atoms with Gasteiger partial charge in [-0.2, -0.15) is 0 Å². The zero-order valence-corrected chi connectivity index (χ0v) is 54.2. The second-order valence-corrected chi connectivity index (χ2v) is 27.7. The molecule has 0 radical (unpaired) electrons. The second kappa shape index (κ2) is 33.0. The summed E-state index contributed by atoms with van der Waals surface area (Å²) in [5, 5.41) is 10.1. The lowest BCUT2D eigenvalue weighted by Crippen LogP contribution is -2.73. The van der Waals surface area contributed by atoms with Crippen molar-refractivity contribution in [2.24, 2.45) is 0 Å². The van der Waals surface area contributed by atoms with E-state index in [0.29, 0.717) is 0 Å². The largest absolute Gasteiger partial charge is 0.463 e. The zero-order chi connectivity index (χ0) is 67.2. The number of methoxy groups -OCH3 is 1. The molecular formula is C55H86N4O29Si. The molecule has 504 valence electrons. The van der Waals surface area contributed by atoms with Crippen LogP contribution in [0.2, 0.25) is 18.1 Å². The first-order valence-electron chi connectivity index (χ1n) is 28.4. The lowest BCUT2D eigenvalue weighted by Gasteiger charge is -2.52. The highest BCUT2D eigenvalue weighted by Gasteiger charge is 2.60. The van der Waals surface area contributed by atoms with Crippen LogP contribution in [0.4, 0.5) is 0 Å². The number of carbonyl (C=O) groups excluding carboxylic acids is 12. The van der Waals surface area contributed by atoms with E-state index in [9.17, 15) is 57.5 Å². The molecule has 33 nitrogen and oxygen atoms in total. The molecule has 0 saturated carbocycles. The lowest BCUT2D eigenvalue weighted by molar-refractivity contribution is -0.362. The van der Waals surface area contributed by atoms with E-state index in [2.05, 4.69) is 21.3 Å². The molecule has 0 aromatic carbocycles. The van der Waals surface area contributed by atoms with Crippen molar-refractivity contribution in [1.82, 2.24) is 21.3 Å². The molecule has 4 N–H and O–H groups in total. The highest BCUT2D eigenvalue weighted by molar-refractivity contribution is 6.74. The summed E-state index contributed by atoms with van der Waals surface area (Å²) in [7, 11) is -1.69. The molecule has 34 heteroatoms. The molecule has 0 bridgehead atoms. The summed E-state index contributed by atoms with van der Waals surface area (Å²) in [6.45, 7) is 19.7. The van der Waals surface area contributed by atoms with Gasteiger partial charge in [0.2, 0.25) is 23.6 Å². The third kappa shape index (κ3) is 21.9. The second-order valence-electron chi connectivity index (χ2n) is 23.0. The first-order chi connectivity index (χ1) is 41.3. The van der Waals surface area contributed by atoms with Crippen molar-refractivity contribution in [3.63, 3.8) is 0 Å². The van der Waals surface area contributed by atoms with E-state index < -0.39 is 234 Å². The number of esters is 8. The van der Waals surface area contributed by atoms with E-state index in [4.69, 9.17) is 80.2 Å². The zero-order valence-electron chi connectivity index (χ0n) is 53.2. The van der Waals surface area contributed by atoms with Crippen molar-refractivity contribution < 1.29 is 138 Å². The van der Waals surface area contributed by atoms with Crippen LogP contribution in [-0.2, 0) is 138 Å². The van der Waals surface area contributed by atoms with Gasteiger partial charge in [0.15, 0.2) is 57.9 Å². The summed E-state index contributed by atoms with van der Waals surface area (Å²) >= 11 is 0. The lowest BCUT2D eigenvalue weighted by atomic mass is 9.92. The smallest absolute Gasteiger partial charge is 0.303 e. The molecule has 4 heterocycles. The van der Waals surface area contributed by atoms with Crippen molar-refractivity contribution in [3.05, 3.63) is 0 Å². The molecule has 4 aliphatic heterocycles. The SMILES string of the molecule is CO[C@H]1OC(COC(C)=O)[C@H](OC2OC(COC(C)=O)C(O[C@H]3OC(COC(C)=O)[C@H](OC4OC(COC(C)=O)C(O[Si](C)(C)C(C)(C)C)[C@H](OC(C)=O)[C@@H]4NC(C)=O)C(OC(C)=O)[C@H]3NC(C)=O)[C@H](OC(C)=O)[C@@H]2NC(C)=O)C(OC(C)=O)[C@H]1NC(C)=O. The minimum Gasteiger partial charge on any atom is -0.463 e. The Hall–Kier alpha value is -6.50. The van der Waals surface area contributed by atoms with Gasteiger partial charge in [0.25, 0.3) is 0 Å². The number of rotatable bonds is 25. The van der Waals surface area contributed by atoms with Gasteiger partial charge < -0.3 is 101 Å². The fraction of sp³-hybridized carbons (Fsp3) is 0.782. The van der Waals surface area contributed by atoms with Gasteiger partial charge >= 0.3 is 47.8 Å². The van der Waals surface area contributed by atoms with E-state index in [1.807, 2.05) is 33.9 Å². The number of carbonyl (C=O) groups is 12.